The van der Waals surface area contributed by atoms with Crippen molar-refractivity contribution in [1.29, 1.82) is 0 Å². The Labute approximate surface area is 234 Å². The van der Waals surface area contributed by atoms with Crippen LogP contribution in [-0.4, -0.2) is 71.4 Å². The first kappa shape index (κ1) is 29.9. The Morgan fingerprint density at radius 1 is 1.10 bits per heavy atom. The molecule has 0 aliphatic carbocycles. The van der Waals surface area contributed by atoms with Gasteiger partial charge in [0.15, 0.2) is 11.6 Å². The van der Waals surface area contributed by atoms with Crippen LogP contribution in [0.1, 0.15) is 47.3 Å². The monoisotopic (exact) mass is 553 g/mol. The lowest BCUT2D eigenvalue weighted by Crippen LogP contribution is -2.46. The molecule has 2 aromatic carbocycles. The third-order valence-corrected chi connectivity index (χ3v) is 6.12. The number of carbonyl (C=O) groups excluding carboxylic acids is 3. The molecular formula is C29H36ClN5O4. The Hall–Kier alpha value is -3.69. The van der Waals surface area contributed by atoms with Gasteiger partial charge in [-0.2, -0.15) is 0 Å². The fourth-order valence-corrected chi connectivity index (χ4v) is 4.27. The van der Waals surface area contributed by atoms with Crippen LogP contribution in [0.2, 0.25) is 5.02 Å². The van der Waals surface area contributed by atoms with Crippen LogP contribution in [0.5, 0.6) is 5.75 Å². The molecule has 0 saturated carbocycles. The minimum Gasteiger partial charge on any atom is -0.489 e. The number of benzene rings is 2. The molecule has 39 heavy (non-hydrogen) atoms. The number of nitrogens with one attached hydrogen (secondary N) is 2. The Balaban J connectivity index is 1.75. The quantitative estimate of drug-likeness (QED) is 0.331. The van der Waals surface area contributed by atoms with E-state index in [4.69, 9.17) is 16.3 Å². The first-order chi connectivity index (χ1) is 18.4. The summed E-state index contributed by atoms with van der Waals surface area (Å²) >= 11 is 6.34. The number of hydrogen-bond acceptors (Lipinski definition) is 6. The first-order valence-electron chi connectivity index (χ1n) is 12.7. The topological polar surface area (TPSA) is 106 Å². The minimum absolute atomic E-state index is 0.0439. The normalized spacial score (nSPS) is 11.9. The largest absolute Gasteiger partial charge is 0.489 e. The second-order valence-corrected chi connectivity index (χ2v) is 10.4. The van der Waals surface area contributed by atoms with Gasteiger partial charge in [0.2, 0.25) is 5.91 Å². The van der Waals surface area contributed by atoms with Gasteiger partial charge in [-0.3, -0.25) is 14.4 Å². The van der Waals surface area contributed by atoms with Crippen LogP contribution in [-0.2, 0) is 18.3 Å². The number of ether oxygens (including phenoxy) is 1. The van der Waals surface area contributed by atoms with Crippen LogP contribution in [0.3, 0.4) is 0 Å². The molecule has 1 atom stereocenters. The summed E-state index contributed by atoms with van der Waals surface area (Å²) in [7, 11) is 5.42. The van der Waals surface area contributed by atoms with E-state index in [0.717, 1.165) is 11.1 Å². The molecule has 0 aliphatic heterocycles. The van der Waals surface area contributed by atoms with Crippen LogP contribution in [0.4, 0.5) is 0 Å². The molecule has 0 bridgehead atoms. The first-order valence-corrected chi connectivity index (χ1v) is 13.1. The molecule has 3 rings (SSSR count). The number of aryl methyl sites for hydroxylation is 1. The molecule has 3 aromatic rings. The number of Topliss-reactive ketones (excluding diaryl/α,β-unsaturated/α-hetero) is 1. The summed E-state index contributed by atoms with van der Waals surface area (Å²) in [5.74, 6) is 0.373. The maximum Gasteiger partial charge on any atom is 0.251 e. The smallest absolute Gasteiger partial charge is 0.251 e. The number of hydrogen-bond donors (Lipinski definition) is 2. The van der Waals surface area contributed by atoms with Crippen LogP contribution in [0.15, 0.2) is 48.7 Å². The van der Waals surface area contributed by atoms with Gasteiger partial charge in [-0.1, -0.05) is 35.9 Å². The van der Waals surface area contributed by atoms with Crippen molar-refractivity contribution in [2.45, 2.75) is 39.3 Å². The average Bonchev–Trinajstić information content (AvgIpc) is 3.25. The van der Waals surface area contributed by atoms with Gasteiger partial charge in [0.25, 0.3) is 5.91 Å². The summed E-state index contributed by atoms with van der Waals surface area (Å²) in [6, 6.07) is 12.3. The van der Waals surface area contributed by atoms with Crippen molar-refractivity contribution < 1.29 is 19.1 Å². The van der Waals surface area contributed by atoms with Gasteiger partial charge in [0.05, 0.1) is 29.4 Å². The van der Waals surface area contributed by atoms with Crippen LogP contribution < -0.4 is 15.4 Å². The van der Waals surface area contributed by atoms with Gasteiger partial charge < -0.3 is 24.8 Å². The zero-order valence-electron chi connectivity index (χ0n) is 23.2. The number of carbonyl (C=O) groups is 3. The summed E-state index contributed by atoms with van der Waals surface area (Å²) in [4.78, 5) is 43.4. The van der Waals surface area contributed by atoms with E-state index in [1.54, 1.807) is 34.7 Å². The highest BCUT2D eigenvalue weighted by molar-refractivity contribution is 6.32. The van der Waals surface area contributed by atoms with Gasteiger partial charge in [-0.15, -0.1) is 0 Å². The third kappa shape index (κ3) is 8.66. The van der Waals surface area contributed by atoms with E-state index < -0.39 is 0 Å². The SMILES string of the molecule is CC(=O)c1nc(-c2ccc(C[C@@H](CNC(=O)CN(C)C)NC(=O)c3ccc(OC(C)C)c(Cl)c3)cc2)cn1C. The van der Waals surface area contributed by atoms with Gasteiger partial charge in [-0.25, -0.2) is 4.98 Å². The van der Waals surface area contributed by atoms with Crippen molar-refractivity contribution >= 4 is 29.2 Å². The second kappa shape index (κ2) is 13.4. The van der Waals surface area contributed by atoms with E-state index in [-0.39, 0.29) is 42.8 Å². The van der Waals surface area contributed by atoms with Crippen molar-refractivity contribution in [2.24, 2.45) is 7.05 Å². The number of likely N-dealkylation sites (N-methyl/N-ethyl adjacent to an activating group) is 1. The zero-order chi connectivity index (χ0) is 28.7. The Morgan fingerprint density at radius 2 is 1.79 bits per heavy atom. The van der Waals surface area contributed by atoms with Gasteiger partial charge in [0.1, 0.15) is 5.75 Å². The van der Waals surface area contributed by atoms with Crippen LogP contribution >= 0.6 is 11.6 Å². The van der Waals surface area contributed by atoms with Gasteiger partial charge in [-0.05, 0) is 58.1 Å². The molecule has 0 fully saturated rings. The second-order valence-electron chi connectivity index (χ2n) is 10.0. The maximum absolute atomic E-state index is 13.1. The molecule has 0 radical (unpaired) electrons. The molecule has 2 amide bonds. The number of aromatic nitrogens is 2. The molecule has 0 aliphatic rings. The van der Waals surface area contributed by atoms with Crippen molar-refractivity contribution in [2.75, 3.05) is 27.2 Å². The van der Waals surface area contributed by atoms with E-state index in [1.807, 2.05) is 58.4 Å². The summed E-state index contributed by atoms with van der Waals surface area (Å²) in [6.45, 7) is 5.79. The molecule has 1 heterocycles. The molecule has 10 heteroatoms. The fraction of sp³-hybridized carbons (Fsp3) is 0.379. The summed E-state index contributed by atoms with van der Waals surface area (Å²) in [5, 5.41) is 6.28. The van der Waals surface area contributed by atoms with E-state index in [1.165, 1.54) is 6.92 Å². The highest BCUT2D eigenvalue weighted by Crippen LogP contribution is 2.26. The third-order valence-electron chi connectivity index (χ3n) is 5.82. The van der Waals surface area contributed by atoms with Crippen LogP contribution in [0, 0.1) is 0 Å². The lowest BCUT2D eigenvalue weighted by Gasteiger charge is -2.21. The average molecular weight is 554 g/mol. The van der Waals surface area contributed by atoms with Crippen molar-refractivity contribution in [3.05, 3.63) is 70.6 Å². The molecule has 0 saturated heterocycles. The zero-order valence-corrected chi connectivity index (χ0v) is 24.0. The van der Waals surface area contributed by atoms with Crippen molar-refractivity contribution in [1.82, 2.24) is 25.1 Å². The van der Waals surface area contributed by atoms with E-state index in [0.29, 0.717) is 34.3 Å². The summed E-state index contributed by atoms with van der Waals surface area (Å²) < 4.78 is 7.37. The molecule has 1 aromatic heterocycles. The predicted molar refractivity (Wildman–Crippen MR) is 152 cm³/mol. The van der Waals surface area contributed by atoms with E-state index >= 15 is 0 Å². The van der Waals surface area contributed by atoms with Crippen molar-refractivity contribution in [3.8, 4) is 17.0 Å². The highest BCUT2D eigenvalue weighted by Gasteiger charge is 2.18. The molecule has 0 unspecified atom stereocenters. The number of amides is 2. The molecule has 0 spiro atoms. The van der Waals surface area contributed by atoms with Crippen molar-refractivity contribution in [3.63, 3.8) is 0 Å². The number of imidazole rings is 1. The van der Waals surface area contributed by atoms with Gasteiger partial charge in [0, 0.05) is 37.8 Å². The van der Waals surface area contributed by atoms with Crippen LogP contribution in [0.25, 0.3) is 11.3 Å². The number of halogens is 1. The summed E-state index contributed by atoms with van der Waals surface area (Å²) in [6.07, 6.45) is 2.26. The maximum atomic E-state index is 13.1. The number of ketones is 1. The fourth-order valence-electron chi connectivity index (χ4n) is 4.04. The Kier molecular flexibility index (Phi) is 10.3. The van der Waals surface area contributed by atoms with Gasteiger partial charge >= 0.3 is 0 Å². The lowest BCUT2D eigenvalue weighted by molar-refractivity contribution is -0.121. The predicted octanol–water partition coefficient (Wildman–Crippen LogP) is 3.75. The minimum atomic E-state index is -0.376. The number of rotatable bonds is 12. The lowest BCUT2D eigenvalue weighted by atomic mass is 10.0. The molecule has 2 N–H and O–H groups in total. The van der Waals surface area contributed by atoms with E-state index in [9.17, 15) is 14.4 Å². The standard InChI is InChI=1S/C29H36ClN5O4/c1-18(2)39-26-12-11-22(14-24(26)30)29(38)32-23(15-31-27(37)17-34(4)5)13-20-7-9-21(10-8-20)25-16-35(6)28(33-25)19(3)36/h7-12,14,16,18,23H,13,15,17H2,1-6H3,(H,31,37)(H,32,38)/t23-/m0/s1. The van der Waals surface area contributed by atoms with E-state index in [2.05, 4.69) is 15.6 Å². The number of nitrogens with zero attached hydrogens (tertiary/aromatic N) is 3. The summed E-state index contributed by atoms with van der Waals surface area (Å²) in [5.41, 5.74) is 2.94. The molecule has 208 valence electrons. The highest BCUT2D eigenvalue weighted by atomic mass is 35.5. The molecular weight excluding hydrogens is 518 g/mol. The Morgan fingerprint density at radius 3 is 2.36 bits per heavy atom. The Bertz CT molecular complexity index is 1320. The molecule has 9 nitrogen and oxygen atoms in total.